The fraction of sp³-hybridized carbons (Fsp3) is 0.400. The van der Waals surface area contributed by atoms with Crippen molar-refractivity contribution in [3.8, 4) is 0 Å². The van der Waals surface area contributed by atoms with Crippen LogP contribution >= 0.6 is 11.8 Å². The Morgan fingerprint density at radius 1 is 1.78 bits per heavy atom. The second kappa shape index (κ2) is 2.39. The highest BCUT2D eigenvalue weighted by molar-refractivity contribution is 7.98. The van der Waals surface area contributed by atoms with E-state index in [4.69, 9.17) is 0 Å². The van der Waals surface area contributed by atoms with E-state index in [0.717, 1.165) is 0 Å². The van der Waals surface area contributed by atoms with Crippen LogP contribution in [0.1, 0.15) is 0 Å². The number of halogens is 1. The summed E-state index contributed by atoms with van der Waals surface area (Å²) in [5.74, 6) is -0.370. The molecule has 1 heterocycles. The van der Waals surface area contributed by atoms with Crippen molar-refractivity contribution in [1.29, 1.82) is 0 Å². The van der Waals surface area contributed by atoms with Gasteiger partial charge in [-0.3, -0.25) is 4.68 Å². The molecule has 9 heavy (non-hydrogen) atoms. The smallest absolute Gasteiger partial charge is 0.184 e. The van der Waals surface area contributed by atoms with Gasteiger partial charge >= 0.3 is 0 Å². The molecule has 0 unspecified atom stereocenters. The van der Waals surface area contributed by atoms with Crippen molar-refractivity contribution < 1.29 is 4.39 Å². The van der Waals surface area contributed by atoms with E-state index in [1.54, 1.807) is 13.3 Å². The summed E-state index contributed by atoms with van der Waals surface area (Å²) in [5, 5.41) is 4.11. The van der Waals surface area contributed by atoms with Gasteiger partial charge in [0.05, 0.1) is 0 Å². The SMILES string of the molecule is CSc1c(F)[c]nn1C. The third-order valence-corrected chi connectivity index (χ3v) is 1.80. The Hall–Kier alpha value is -0.510. The Labute approximate surface area is 57.1 Å². The van der Waals surface area contributed by atoms with E-state index in [0.29, 0.717) is 5.03 Å². The highest BCUT2D eigenvalue weighted by Crippen LogP contribution is 2.15. The Balaban J connectivity index is 3.07. The molecule has 0 saturated carbocycles. The van der Waals surface area contributed by atoms with Gasteiger partial charge in [0.1, 0.15) is 5.03 Å². The van der Waals surface area contributed by atoms with Crippen LogP contribution in [-0.2, 0) is 7.05 Å². The molecule has 49 valence electrons. The molecule has 1 radical (unpaired) electrons. The van der Waals surface area contributed by atoms with Crippen LogP contribution in [0.2, 0.25) is 0 Å². The average Bonchev–Trinajstić information content (AvgIpc) is 2.12. The second-order valence-electron chi connectivity index (χ2n) is 1.56. The fourth-order valence-electron chi connectivity index (χ4n) is 0.576. The minimum Gasteiger partial charge on any atom is -0.258 e. The zero-order valence-corrected chi connectivity index (χ0v) is 6.00. The van der Waals surface area contributed by atoms with E-state index in [2.05, 4.69) is 11.3 Å². The summed E-state index contributed by atoms with van der Waals surface area (Å²) < 4.78 is 13.9. The molecule has 0 aromatic carbocycles. The van der Waals surface area contributed by atoms with E-state index in [1.165, 1.54) is 16.4 Å². The lowest BCUT2D eigenvalue weighted by atomic mass is 10.7. The first-order chi connectivity index (χ1) is 4.25. The molecule has 0 bridgehead atoms. The standard InChI is InChI=1S/C5H6FN2S/c1-8-5(9-2)4(6)3-7-8/h1-2H3. The van der Waals surface area contributed by atoms with Gasteiger partial charge in [-0.1, -0.05) is 0 Å². The molecule has 2 nitrogen and oxygen atoms in total. The molecule has 1 aromatic rings. The largest absolute Gasteiger partial charge is 0.258 e. The van der Waals surface area contributed by atoms with E-state index < -0.39 is 0 Å². The number of hydrogen-bond acceptors (Lipinski definition) is 2. The molecule has 0 aliphatic heterocycles. The summed E-state index contributed by atoms with van der Waals surface area (Å²) in [5.41, 5.74) is 0. The molecule has 0 aliphatic rings. The van der Waals surface area contributed by atoms with Crippen molar-refractivity contribution in [3.63, 3.8) is 0 Å². The van der Waals surface area contributed by atoms with Crippen molar-refractivity contribution in [3.05, 3.63) is 12.0 Å². The number of hydrogen-bond donors (Lipinski definition) is 0. The van der Waals surface area contributed by atoms with Crippen molar-refractivity contribution in [2.75, 3.05) is 6.26 Å². The Kier molecular flexibility index (Phi) is 1.75. The molecule has 1 rings (SSSR count). The van der Waals surface area contributed by atoms with Crippen LogP contribution in [0.4, 0.5) is 4.39 Å². The summed E-state index contributed by atoms with van der Waals surface area (Å²) >= 11 is 1.32. The van der Waals surface area contributed by atoms with Crippen molar-refractivity contribution in [1.82, 2.24) is 9.78 Å². The maximum atomic E-state index is 12.5. The molecular weight excluding hydrogens is 139 g/mol. The van der Waals surface area contributed by atoms with E-state index in [9.17, 15) is 4.39 Å². The summed E-state index contributed by atoms with van der Waals surface area (Å²) in [6.45, 7) is 0. The molecule has 0 atom stereocenters. The minimum absolute atomic E-state index is 0.370. The van der Waals surface area contributed by atoms with Crippen LogP contribution in [-0.4, -0.2) is 16.0 Å². The molecule has 0 amide bonds. The predicted octanol–water partition coefficient (Wildman–Crippen LogP) is 1.08. The first-order valence-electron chi connectivity index (χ1n) is 2.40. The molecule has 1 aromatic heterocycles. The summed E-state index contributed by atoms with van der Waals surface area (Å²) in [4.78, 5) is 0. The first kappa shape index (κ1) is 6.61. The first-order valence-corrected chi connectivity index (χ1v) is 3.62. The highest BCUT2D eigenvalue weighted by atomic mass is 32.2. The number of aryl methyl sites for hydroxylation is 1. The van der Waals surface area contributed by atoms with Crippen LogP contribution in [0.25, 0.3) is 0 Å². The van der Waals surface area contributed by atoms with Crippen molar-refractivity contribution in [2.24, 2.45) is 7.05 Å². The number of thioether (sulfide) groups is 1. The molecule has 0 fully saturated rings. The zero-order chi connectivity index (χ0) is 6.85. The van der Waals surface area contributed by atoms with Crippen LogP contribution in [0, 0.1) is 12.0 Å². The van der Waals surface area contributed by atoms with Gasteiger partial charge in [0.2, 0.25) is 0 Å². The Morgan fingerprint density at radius 2 is 2.44 bits per heavy atom. The molecular formula is C5H6FN2S. The maximum absolute atomic E-state index is 12.5. The lowest BCUT2D eigenvalue weighted by molar-refractivity contribution is 0.579. The molecule has 0 aliphatic carbocycles. The van der Waals surface area contributed by atoms with Gasteiger partial charge in [0.15, 0.2) is 12.0 Å². The van der Waals surface area contributed by atoms with E-state index in [1.807, 2.05) is 0 Å². The lowest BCUT2D eigenvalue weighted by Crippen LogP contribution is -1.91. The van der Waals surface area contributed by atoms with Gasteiger partial charge in [-0.05, 0) is 6.26 Å². The Bertz CT molecular complexity index is 189. The number of nitrogens with zero attached hydrogens (tertiary/aromatic N) is 2. The quantitative estimate of drug-likeness (QED) is 0.550. The third kappa shape index (κ3) is 1.08. The minimum atomic E-state index is -0.370. The monoisotopic (exact) mass is 145 g/mol. The number of rotatable bonds is 1. The molecule has 0 N–H and O–H groups in total. The number of aromatic nitrogens is 2. The van der Waals surface area contributed by atoms with Crippen LogP contribution < -0.4 is 0 Å². The summed E-state index contributed by atoms with van der Waals surface area (Å²) in [6, 6.07) is 0. The lowest BCUT2D eigenvalue weighted by Gasteiger charge is -1.93. The highest BCUT2D eigenvalue weighted by Gasteiger charge is 2.04. The van der Waals surface area contributed by atoms with Gasteiger partial charge in [-0.25, -0.2) is 4.39 Å². The Morgan fingerprint density at radius 3 is 2.67 bits per heavy atom. The summed E-state index contributed by atoms with van der Waals surface area (Å²) in [6.07, 6.45) is 4.01. The fourth-order valence-corrected chi connectivity index (χ4v) is 1.11. The van der Waals surface area contributed by atoms with E-state index >= 15 is 0 Å². The van der Waals surface area contributed by atoms with E-state index in [-0.39, 0.29) is 5.82 Å². The topological polar surface area (TPSA) is 17.8 Å². The third-order valence-electron chi connectivity index (χ3n) is 0.973. The van der Waals surface area contributed by atoms with Crippen LogP contribution in [0.5, 0.6) is 0 Å². The molecule has 0 spiro atoms. The van der Waals surface area contributed by atoms with Crippen molar-refractivity contribution >= 4 is 11.8 Å². The average molecular weight is 145 g/mol. The zero-order valence-electron chi connectivity index (χ0n) is 5.18. The van der Waals surface area contributed by atoms with Crippen LogP contribution in [0.3, 0.4) is 0 Å². The normalized spacial score (nSPS) is 10.1. The van der Waals surface area contributed by atoms with Gasteiger partial charge < -0.3 is 0 Å². The van der Waals surface area contributed by atoms with Gasteiger partial charge in [-0.2, -0.15) is 5.10 Å². The maximum Gasteiger partial charge on any atom is 0.184 e. The van der Waals surface area contributed by atoms with Crippen molar-refractivity contribution in [2.45, 2.75) is 5.03 Å². The van der Waals surface area contributed by atoms with Gasteiger partial charge in [0, 0.05) is 7.05 Å². The van der Waals surface area contributed by atoms with Gasteiger partial charge in [-0.15, -0.1) is 11.8 Å². The molecule has 4 heteroatoms. The molecule has 0 saturated heterocycles. The second-order valence-corrected chi connectivity index (χ2v) is 2.35. The van der Waals surface area contributed by atoms with Crippen LogP contribution in [0.15, 0.2) is 5.03 Å². The van der Waals surface area contributed by atoms with Gasteiger partial charge in [0.25, 0.3) is 0 Å². The predicted molar refractivity (Wildman–Crippen MR) is 33.8 cm³/mol. The summed E-state index contributed by atoms with van der Waals surface area (Å²) in [7, 11) is 1.69.